The molecule has 3 N–H and O–H groups in total. The first kappa shape index (κ1) is 11.5. The predicted molar refractivity (Wildman–Crippen MR) is 70.2 cm³/mol. The zero-order valence-corrected chi connectivity index (χ0v) is 10.4. The quantitative estimate of drug-likeness (QED) is 0.786. The lowest BCUT2D eigenvalue weighted by Crippen LogP contribution is -2.44. The Bertz CT molecular complexity index is 454. The molecule has 1 aliphatic heterocycles. The van der Waals surface area contributed by atoms with Crippen molar-refractivity contribution < 1.29 is 4.79 Å². The van der Waals surface area contributed by atoms with E-state index in [0.29, 0.717) is 0 Å². The van der Waals surface area contributed by atoms with Gasteiger partial charge in [0, 0.05) is 19.1 Å². The third-order valence-corrected chi connectivity index (χ3v) is 3.95. The zero-order valence-electron chi connectivity index (χ0n) is 10.4. The number of carbonyl (C=O) groups is 1. The molecule has 1 aromatic rings. The van der Waals surface area contributed by atoms with Gasteiger partial charge in [-0.3, -0.25) is 0 Å². The summed E-state index contributed by atoms with van der Waals surface area (Å²) in [7, 11) is 0. The maximum Gasteiger partial charge on any atom is 0.317 e. The van der Waals surface area contributed by atoms with E-state index in [1.807, 2.05) is 17.0 Å². The molecule has 2 amide bonds. The lowest BCUT2D eigenvalue weighted by Gasteiger charge is -2.23. The highest BCUT2D eigenvalue weighted by molar-refractivity contribution is 5.75. The first-order valence-corrected chi connectivity index (χ1v) is 6.64. The van der Waals surface area contributed by atoms with Crippen molar-refractivity contribution in [3.8, 4) is 0 Å². The van der Waals surface area contributed by atoms with Crippen molar-refractivity contribution in [3.63, 3.8) is 0 Å². The van der Waals surface area contributed by atoms with Gasteiger partial charge in [-0.2, -0.15) is 0 Å². The number of hydrogen-bond acceptors (Lipinski definition) is 2. The van der Waals surface area contributed by atoms with E-state index in [1.54, 1.807) is 0 Å². The lowest BCUT2D eigenvalue weighted by atomic mass is 10.1. The van der Waals surface area contributed by atoms with Gasteiger partial charge < -0.3 is 16.0 Å². The summed E-state index contributed by atoms with van der Waals surface area (Å²) in [5.41, 5.74) is 8.58. The number of nitrogens with one attached hydrogen (secondary N) is 1. The van der Waals surface area contributed by atoms with Crippen LogP contribution in [0.1, 0.15) is 30.0 Å². The van der Waals surface area contributed by atoms with Crippen molar-refractivity contribution in [2.24, 2.45) is 5.73 Å². The second-order valence-corrected chi connectivity index (χ2v) is 5.19. The minimum absolute atomic E-state index is 0.00560. The highest BCUT2D eigenvalue weighted by Crippen LogP contribution is 2.30. The van der Waals surface area contributed by atoms with E-state index in [2.05, 4.69) is 17.4 Å². The Hall–Kier alpha value is -1.55. The molecule has 2 atom stereocenters. The van der Waals surface area contributed by atoms with Gasteiger partial charge in [0.15, 0.2) is 0 Å². The fourth-order valence-corrected chi connectivity index (χ4v) is 2.96. The van der Waals surface area contributed by atoms with Crippen molar-refractivity contribution in [1.82, 2.24) is 10.2 Å². The highest BCUT2D eigenvalue weighted by atomic mass is 16.2. The van der Waals surface area contributed by atoms with Crippen molar-refractivity contribution in [3.05, 3.63) is 35.4 Å². The minimum atomic E-state index is -0.0331. The monoisotopic (exact) mass is 245 g/mol. The number of urea groups is 1. The van der Waals surface area contributed by atoms with Crippen LogP contribution in [0.3, 0.4) is 0 Å². The summed E-state index contributed by atoms with van der Waals surface area (Å²) in [6.45, 7) is 1.74. The van der Waals surface area contributed by atoms with Gasteiger partial charge in [-0.15, -0.1) is 0 Å². The molecule has 1 saturated heterocycles. The molecule has 0 spiro atoms. The van der Waals surface area contributed by atoms with Gasteiger partial charge >= 0.3 is 6.03 Å². The van der Waals surface area contributed by atoms with Gasteiger partial charge in [0.25, 0.3) is 0 Å². The molecule has 4 heteroatoms. The van der Waals surface area contributed by atoms with Gasteiger partial charge in [0.2, 0.25) is 0 Å². The highest BCUT2D eigenvalue weighted by Gasteiger charge is 2.32. The number of fused-ring (bicyclic) bond motifs is 1. The van der Waals surface area contributed by atoms with E-state index >= 15 is 0 Å². The summed E-state index contributed by atoms with van der Waals surface area (Å²) in [4.78, 5) is 14.0. The average Bonchev–Trinajstić information content (AvgIpc) is 2.98. The van der Waals surface area contributed by atoms with Crippen molar-refractivity contribution in [1.29, 1.82) is 0 Å². The molecule has 4 nitrogen and oxygen atoms in total. The molecule has 2 aliphatic rings. The fraction of sp³-hybridized carbons (Fsp3) is 0.500. The summed E-state index contributed by atoms with van der Waals surface area (Å²) in [6, 6.07) is 8.18. The number of likely N-dealkylation sites (tertiary alicyclic amines) is 1. The molecule has 0 radical (unpaired) electrons. The van der Waals surface area contributed by atoms with Crippen molar-refractivity contribution in [2.45, 2.75) is 31.3 Å². The van der Waals surface area contributed by atoms with Gasteiger partial charge in [-0.25, -0.2) is 4.79 Å². The molecule has 1 heterocycles. The van der Waals surface area contributed by atoms with E-state index in [1.165, 1.54) is 11.1 Å². The Morgan fingerprint density at radius 3 is 2.78 bits per heavy atom. The summed E-state index contributed by atoms with van der Waals surface area (Å²) in [5, 5.41) is 3.09. The topological polar surface area (TPSA) is 58.4 Å². The lowest BCUT2D eigenvalue weighted by molar-refractivity contribution is 0.203. The normalized spacial score (nSPS) is 26.2. The number of carbonyl (C=O) groups excluding carboxylic acids is 1. The third kappa shape index (κ3) is 1.97. The largest absolute Gasteiger partial charge is 0.330 e. The molecule has 3 rings (SSSR count). The number of rotatable bonds is 1. The Kier molecular flexibility index (Phi) is 2.96. The summed E-state index contributed by atoms with van der Waals surface area (Å²) < 4.78 is 0. The van der Waals surface area contributed by atoms with Crippen LogP contribution in [0.5, 0.6) is 0 Å². The Morgan fingerprint density at radius 1 is 1.28 bits per heavy atom. The molecule has 1 aromatic carbocycles. The molecule has 0 aromatic heterocycles. The van der Waals surface area contributed by atoms with Crippen LogP contribution in [0.2, 0.25) is 0 Å². The maximum absolute atomic E-state index is 12.1. The Balaban J connectivity index is 1.74. The van der Waals surface area contributed by atoms with E-state index in [0.717, 1.165) is 32.4 Å². The van der Waals surface area contributed by atoms with E-state index in [-0.39, 0.29) is 18.1 Å². The van der Waals surface area contributed by atoms with E-state index in [4.69, 9.17) is 5.73 Å². The maximum atomic E-state index is 12.1. The minimum Gasteiger partial charge on any atom is -0.330 e. The van der Waals surface area contributed by atoms with Crippen LogP contribution in [-0.4, -0.2) is 30.1 Å². The first-order valence-electron chi connectivity index (χ1n) is 6.64. The van der Waals surface area contributed by atoms with Gasteiger partial charge in [0.1, 0.15) is 0 Å². The van der Waals surface area contributed by atoms with Crippen molar-refractivity contribution in [2.75, 3.05) is 13.1 Å². The standard InChI is InChI=1S/C14H19N3O/c15-12-9-10-5-1-2-6-11(10)13(12)16-14(18)17-7-3-4-8-17/h1-2,5-6,12-13H,3-4,7-9,15H2,(H,16,18). The SMILES string of the molecule is NC1Cc2ccccc2C1NC(=O)N1CCCC1. The molecular formula is C14H19N3O. The summed E-state index contributed by atoms with van der Waals surface area (Å²) in [5.74, 6) is 0. The van der Waals surface area contributed by atoms with Gasteiger partial charge in [-0.1, -0.05) is 24.3 Å². The number of nitrogens with two attached hydrogens (primary N) is 1. The molecule has 1 fully saturated rings. The second kappa shape index (κ2) is 4.61. The Morgan fingerprint density at radius 2 is 2.00 bits per heavy atom. The number of nitrogens with zero attached hydrogens (tertiary/aromatic N) is 1. The first-order chi connectivity index (χ1) is 8.75. The zero-order chi connectivity index (χ0) is 12.5. The summed E-state index contributed by atoms with van der Waals surface area (Å²) in [6.07, 6.45) is 3.07. The molecule has 0 bridgehead atoms. The second-order valence-electron chi connectivity index (χ2n) is 5.19. The van der Waals surface area contributed by atoms with Crippen LogP contribution in [0.4, 0.5) is 4.79 Å². The number of amides is 2. The van der Waals surface area contributed by atoms with Gasteiger partial charge in [0.05, 0.1) is 6.04 Å². The predicted octanol–water partition coefficient (Wildman–Crippen LogP) is 1.42. The molecule has 18 heavy (non-hydrogen) atoms. The smallest absolute Gasteiger partial charge is 0.317 e. The molecule has 2 unspecified atom stereocenters. The molecule has 1 aliphatic carbocycles. The van der Waals surface area contributed by atoms with Crippen LogP contribution in [-0.2, 0) is 6.42 Å². The van der Waals surface area contributed by atoms with Crippen LogP contribution < -0.4 is 11.1 Å². The molecular weight excluding hydrogens is 226 g/mol. The third-order valence-electron chi connectivity index (χ3n) is 3.95. The number of hydrogen-bond donors (Lipinski definition) is 2. The van der Waals surface area contributed by atoms with Gasteiger partial charge in [-0.05, 0) is 30.4 Å². The average molecular weight is 245 g/mol. The summed E-state index contributed by atoms with van der Waals surface area (Å²) >= 11 is 0. The van der Waals surface area contributed by atoms with E-state index < -0.39 is 0 Å². The Labute approximate surface area is 107 Å². The van der Waals surface area contributed by atoms with E-state index in [9.17, 15) is 4.79 Å². The van der Waals surface area contributed by atoms with Crippen LogP contribution in [0, 0.1) is 0 Å². The molecule has 0 saturated carbocycles. The van der Waals surface area contributed by atoms with Crippen LogP contribution in [0.25, 0.3) is 0 Å². The van der Waals surface area contributed by atoms with Crippen molar-refractivity contribution >= 4 is 6.03 Å². The number of benzene rings is 1. The molecule has 96 valence electrons. The van der Waals surface area contributed by atoms with Crippen LogP contribution >= 0.6 is 0 Å². The fourth-order valence-electron chi connectivity index (χ4n) is 2.96. The van der Waals surface area contributed by atoms with Crippen LogP contribution in [0.15, 0.2) is 24.3 Å².